The Hall–Kier alpha value is -3.47. The maximum atomic E-state index is 12.1. The van der Waals surface area contributed by atoms with Crippen LogP contribution in [0.15, 0.2) is 42.7 Å². The first-order valence-corrected chi connectivity index (χ1v) is 13.3. The number of rotatable bonds is 7. The lowest BCUT2D eigenvalue weighted by atomic mass is 10.0. The van der Waals surface area contributed by atoms with Crippen LogP contribution in [0.25, 0.3) is 32.6 Å². The molecule has 192 valence electrons. The number of urea groups is 1. The van der Waals surface area contributed by atoms with Crippen molar-refractivity contribution >= 4 is 32.7 Å². The number of benzene rings is 1. The van der Waals surface area contributed by atoms with E-state index in [0.717, 1.165) is 57.9 Å². The highest BCUT2D eigenvalue weighted by Crippen LogP contribution is 2.38. The molecule has 5 rings (SSSR count). The molecule has 1 aliphatic heterocycles. The minimum absolute atomic E-state index is 0.287. The van der Waals surface area contributed by atoms with Gasteiger partial charge in [0.05, 0.1) is 21.6 Å². The molecule has 1 saturated heterocycles. The van der Waals surface area contributed by atoms with Gasteiger partial charge in [0.25, 0.3) is 0 Å². The molecule has 0 bridgehead atoms. The summed E-state index contributed by atoms with van der Waals surface area (Å²) in [5.74, 6) is 0.357. The Balaban J connectivity index is 1.58. The van der Waals surface area contributed by atoms with Crippen molar-refractivity contribution in [3.8, 4) is 22.4 Å². The van der Waals surface area contributed by atoms with Gasteiger partial charge in [-0.05, 0) is 76.5 Å². The molecule has 3 aromatic heterocycles. The molecule has 4 heterocycles. The molecule has 0 unspecified atom stereocenters. The number of anilines is 1. The number of nitrogens with zero attached hydrogens (tertiary/aromatic N) is 5. The summed E-state index contributed by atoms with van der Waals surface area (Å²) in [6.07, 6.45) is 5.89. The molecule has 1 aromatic carbocycles. The van der Waals surface area contributed by atoms with Crippen molar-refractivity contribution in [3.63, 3.8) is 0 Å². The van der Waals surface area contributed by atoms with Crippen LogP contribution >= 0.6 is 11.3 Å². The molecule has 0 atom stereocenters. The van der Waals surface area contributed by atoms with Crippen LogP contribution in [-0.2, 0) is 12.1 Å². The summed E-state index contributed by atoms with van der Waals surface area (Å²) in [7, 11) is 0. The third-order valence-corrected chi connectivity index (χ3v) is 7.27. The van der Waals surface area contributed by atoms with Crippen molar-refractivity contribution < 1.29 is 9.90 Å². The second-order valence-electron chi connectivity index (χ2n) is 9.73. The summed E-state index contributed by atoms with van der Waals surface area (Å²) in [6.45, 7) is 8.76. The number of hydrogen-bond donors (Lipinski definition) is 3. The fourth-order valence-electron chi connectivity index (χ4n) is 4.43. The highest BCUT2D eigenvalue weighted by atomic mass is 32.1. The molecule has 10 heteroatoms. The average Bonchev–Trinajstić information content (AvgIpc) is 3.52. The zero-order chi connectivity index (χ0) is 26.0. The van der Waals surface area contributed by atoms with E-state index in [4.69, 9.17) is 9.97 Å². The molecular formula is C27H31N7O2S. The van der Waals surface area contributed by atoms with E-state index < -0.39 is 5.60 Å². The zero-order valence-electron chi connectivity index (χ0n) is 21.3. The first-order valence-electron chi connectivity index (χ1n) is 12.5. The molecule has 0 radical (unpaired) electrons. The molecule has 2 amide bonds. The molecule has 0 saturated carbocycles. The van der Waals surface area contributed by atoms with E-state index >= 15 is 0 Å². The lowest BCUT2D eigenvalue weighted by molar-refractivity contribution is 0.0687. The summed E-state index contributed by atoms with van der Waals surface area (Å²) in [5.41, 5.74) is 4.13. The second-order valence-corrected chi connectivity index (χ2v) is 10.7. The van der Waals surface area contributed by atoms with E-state index in [1.165, 1.54) is 24.2 Å². The number of likely N-dealkylation sites (tertiary alicyclic amines) is 1. The highest BCUT2D eigenvalue weighted by Gasteiger charge is 2.20. The summed E-state index contributed by atoms with van der Waals surface area (Å²) in [6, 6.07) is 9.87. The fraction of sp³-hybridized carbons (Fsp3) is 0.370. The zero-order valence-corrected chi connectivity index (χ0v) is 22.1. The lowest BCUT2D eigenvalue weighted by Crippen LogP contribution is -2.28. The Morgan fingerprint density at radius 3 is 2.57 bits per heavy atom. The quantitative estimate of drug-likeness (QED) is 0.323. The normalized spacial score (nSPS) is 14.3. The van der Waals surface area contributed by atoms with Gasteiger partial charge in [-0.15, -0.1) is 0 Å². The molecule has 3 N–H and O–H groups in total. The number of carbonyl (C=O) groups is 1. The van der Waals surface area contributed by atoms with E-state index in [1.54, 1.807) is 26.2 Å². The van der Waals surface area contributed by atoms with Gasteiger partial charge in [-0.1, -0.05) is 17.4 Å². The van der Waals surface area contributed by atoms with Crippen molar-refractivity contribution in [1.29, 1.82) is 0 Å². The maximum absolute atomic E-state index is 12.1. The molecular weight excluding hydrogens is 486 g/mol. The van der Waals surface area contributed by atoms with Crippen LogP contribution in [0.3, 0.4) is 0 Å². The van der Waals surface area contributed by atoms with Gasteiger partial charge in [0.1, 0.15) is 5.60 Å². The van der Waals surface area contributed by atoms with E-state index in [1.807, 2.05) is 25.1 Å². The van der Waals surface area contributed by atoms with Crippen LogP contribution in [0.2, 0.25) is 0 Å². The fourth-order valence-corrected chi connectivity index (χ4v) is 5.39. The van der Waals surface area contributed by atoms with E-state index in [0.29, 0.717) is 17.5 Å². The van der Waals surface area contributed by atoms with Crippen molar-refractivity contribution in [2.75, 3.05) is 25.0 Å². The summed E-state index contributed by atoms with van der Waals surface area (Å²) >= 11 is 1.42. The van der Waals surface area contributed by atoms with E-state index in [-0.39, 0.29) is 6.03 Å². The molecule has 9 nitrogen and oxygen atoms in total. The van der Waals surface area contributed by atoms with Crippen LogP contribution < -0.4 is 10.6 Å². The van der Waals surface area contributed by atoms with Gasteiger partial charge in [0.2, 0.25) is 0 Å². The monoisotopic (exact) mass is 517 g/mol. The van der Waals surface area contributed by atoms with Gasteiger partial charge >= 0.3 is 6.03 Å². The minimum Gasteiger partial charge on any atom is -0.382 e. The van der Waals surface area contributed by atoms with Crippen molar-refractivity contribution in [3.05, 3.63) is 54.2 Å². The Bertz CT molecular complexity index is 1410. The largest absolute Gasteiger partial charge is 0.382 e. The van der Waals surface area contributed by atoms with Gasteiger partial charge in [-0.2, -0.15) is 0 Å². The highest BCUT2D eigenvalue weighted by molar-refractivity contribution is 7.22. The topological polar surface area (TPSA) is 116 Å². The third-order valence-electron chi connectivity index (χ3n) is 6.25. The number of hydrogen-bond acceptors (Lipinski definition) is 8. The standard InChI is InChI=1S/C27H31N7O2S/c1-4-28-25(35)33-26-32-22-13-17(18-14-29-24(30-15-18)27(2,3)36)12-20(23(22)37-26)21-9-7-8-19(31-21)16-34-10-5-6-11-34/h7-9,12-15,36H,4-6,10-11,16H2,1-3H3,(H2,28,32,33,35). The Labute approximate surface area is 220 Å². The van der Waals surface area contributed by atoms with Crippen molar-refractivity contribution in [1.82, 2.24) is 30.2 Å². The number of aliphatic hydroxyl groups is 1. The van der Waals surface area contributed by atoms with Crippen LogP contribution in [0.1, 0.15) is 45.1 Å². The van der Waals surface area contributed by atoms with Crippen LogP contribution in [-0.4, -0.2) is 55.6 Å². The van der Waals surface area contributed by atoms with Gasteiger partial charge in [-0.25, -0.2) is 19.7 Å². The van der Waals surface area contributed by atoms with Gasteiger partial charge in [-0.3, -0.25) is 15.2 Å². The number of nitrogens with one attached hydrogen (secondary N) is 2. The predicted octanol–water partition coefficient (Wildman–Crippen LogP) is 4.78. The lowest BCUT2D eigenvalue weighted by Gasteiger charge is -2.15. The molecule has 37 heavy (non-hydrogen) atoms. The molecule has 0 aliphatic carbocycles. The number of aromatic nitrogens is 4. The van der Waals surface area contributed by atoms with Gasteiger partial charge in [0.15, 0.2) is 11.0 Å². The van der Waals surface area contributed by atoms with E-state index in [9.17, 15) is 9.90 Å². The third kappa shape index (κ3) is 5.76. The smallest absolute Gasteiger partial charge is 0.321 e. The molecule has 1 fully saturated rings. The number of pyridine rings is 1. The molecule has 4 aromatic rings. The van der Waals surface area contributed by atoms with Crippen LogP contribution in [0, 0.1) is 0 Å². The second kappa shape index (κ2) is 10.5. The number of fused-ring (bicyclic) bond motifs is 1. The number of amides is 2. The van der Waals surface area contributed by atoms with Crippen LogP contribution in [0.4, 0.5) is 9.93 Å². The average molecular weight is 518 g/mol. The summed E-state index contributed by atoms with van der Waals surface area (Å²) < 4.78 is 0.940. The maximum Gasteiger partial charge on any atom is 0.321 e. The summed E-state index contributed by atoms with van der Waals surface area (Å²) in [5, 5.41) is 16.3. The Morgan fingerprint density at radius 1 is 1.11 bits per heavy atom. The summed E-state index contributed by atoms with van der Waals surface area (Å²) in [4.78, 5) is 33.0. The number of carbonyl (C=O) groups excluding carboxylic acids is 1. The van der Waals surface area contributed by atoms with Crippen LogP contribution in [0.5, 0.6) is 0 Å². The molecule has 0 spiro atoms. The minimum atomic E-state index is -1.12. The SMILES string of the molecule is CCNC(=O)Nc1nc2cc(-c3cnc(C(C)(C)O)nc3)cc(-c3cccc(CN4CCCC4)n3)c2s1. The van der Waals surface area contributed by atoms with Crippen molar-refractivity contribution in [2.24, 2.45) is 0 Å². The van der Waals surface area contributed by atoms with Crippen molar-refractivity contribution in [2.45, 2.75) is 45.8 Å². The Kier molecular flexibility index (Phi) is 7.14. The van der Waals surface area contributed by atoms with E-state index in [2.05, 4.69) is 37.6 Å². The first-order chi connectivity index (χ1) is 17.8. The number of thiazole rings is 1. The first kappa shape index (κ1) is 25.2. The van der Waals surface area contributed by atoms with Gasteiger partial charge < -0.3 is 10.4 Å². The Morgan fingerprint density at radius 2 is 1.86 bits per heavy atom. The molecule has 1 aliphatic rings. The van der Waals surface area contributed by atoms with Gasteiger partial charge in [0, 0.05) is 36.6 Å². The predicted molar refractivity (Wildman–Crippen MR) is 146 cm³/mol.